The van der Waals surface area contributed by atoms with Crippen LogP contribution < -0.4 is 16.4 Å². The summed E-state index contributed by atoms with van der Waals surface area (Å²) < 4.78 is 2.51. The lowest BCUT2D eigenvalue weighted by Gasteiger charge is -2.09. The first-order valence-electron chi connectivity index (χ1n) is 9.07. The van der Waals surface area contributed by atoms with Crippen molar-refractivity contribution in [3.63, 3.8) is 0 Å². The van der Waals surface area contributed by atoms with Crippen molar-refractivity contribution in [3.05, 3.63) is 68.2 Å². The second-order valence-electron chi connectivity index (χ2n) is 6.64. The number of amides is 1. The van der Waals surface area contributed by atoms with Crippen LogP contribution >= 0.6 is 11.3 Å². The summed E-state index contributed by atoms with van der Waals surface area (Å²) in [6, 6.07) is 10.1. The van der Waals surface area contributed by atoms with Crippen LogP contribution in [-0.2, 0) is 17.9 Å². The fourth-order valence-electron chi connectivity index (χ4n) is 2.83. The summed E-state index contributed by atoms with van der Waals surface area (Å²) >= 11 is 1.51. The van der Waals surface area contributed by atoms with E-state index < -0.39 is 0 Å². The topological polar surface area (TPSA) is 98.9 Å². The van der Waals surface area contributed by atoms with Crippen molar-refractivity contribution in [2.75, 3.05) is 6.54 Å². The molecule has 1 saturated carbocycles. The predicted molar refractivity (Wildman–Crippen MR) is 105 cm³/mol. The highest BCUT2D eigenvalue weighted by Gasteiger charge is 2.25. The van der Waals surface area contributed by atoms with Gasteiger partial charge < -0.3 is 5.32 Å². The van der Waals surface area contributed by atoms with Gasteiger partial charge in [-0.2, -0.15) is 10.2 Å². The molecule has 1 aliphatic rings. The normalized spacial score (nSPS) is 13.4. The Balaban J connectivity index is 1.36. The molecule has 1 amide bonds. The van der Waals surface area contributed by atoms with E-state index in [1.807, 2.05) is 17.5 Å². The van der Waals surface area contributed by atoms with Crippen LogP contribution in [0.25, 0.3) is 10.6 Å². The molecule has 1 aliphatic carbocycles. The van der Waals surface area contributed by atoms with Gasteiger partial charge in [0.1, 0.15) is 12.2 Å². The summed E-state index contributed by atoms with van der Waals surface area (Å²) in [5, 5.41) is 13.3. The molecule has 0 unspecified atom stereocenters. The van der Waals surface area contributed by atoms with E-state index in [-0.39, 0.29) is 36.7 Å². The molecule has 28 heavy (non-hydrogen) atoms. The number of aromatic nitrogens is 4. The molecule has 0 radical (unpaired) electrons. The Bertz CT molecular complexity index is 1100. The zero-order valence-electron chi connectivity index (χ0n) is 15.1. The minimum absolute atomic E-state index is 0.178. The van der Waals surface area contributed by atoms with Gasteiger partial charge in [0.15, 0.2) is 0 Å². The Labute approximate surface area is 164 Å². The fraction of sp³-hybridized carbons (Fsp3) is 0.316. The molecular formula is C19H19N5O3S. The van der Waals surface area contributed by atoms with Crippen LogP contribution in [0.1, 0.15) is 24.5 Å². The van der Waals surface area contributed by atoms with Crippen LogP contribution in [0, 0.1) is 0 Å². The van der Waals surface area contributed by atoms with Gasteiger partial charge in [-0.05, 0) is 36.4 Å². The van der Waals surface area contributed by atoms with E-state index in [4.69, 9.17) is 0 Å². The summed E-state index contributed by atoms with van der Waals surface area (Å²) in [6.45, 7) is 0.352. The fourth-order valence-corrected chi connectivity index (χ4v) is 3.52. The first kappa shape index (κ1) is 18.3. The smallest absolute Gasteiger partial charge is 0.267 e. The highest BCUT2D eigenvalue weighted by molar-refractivity contribution is 7.13. The first-order chi connectivity index (χ1) is 13.6. The third-order valence-electron chi connectivity index (χ3n) is 4.46. The van der Waals surface area contributed by atoms with Crippen molar-refractivity contribution in [1.82, 2.24) is 24.9 Å². The predicted octanol–water partition coefficient (Wildman–Crippen LogP) is 1.22. The molecule has 1 fully saturated rings. The van der Waals surface area contributed by atoms with E-state index in [9.17, 15) is 14.4 Å². The lowest BCUT2D eigenvalue weighted by molar-refractivity contribution is -0.121. The van der Waals surface area contributed by atoms with Gasteiger partial charge in [0, 0.05) is 24.6 Å². The molecule has 0 aromatic carbocycles. The summed E-state index contributed by atoms with van der Waals surface area (Å²) in [6.07, 6.45) is 2.21. The molecule has 3 heterocycles. The number of nitrogens with one attached hydrogen (secondary N) is 1. The van der Waals surface area contributed by atoms with Crippen molar-refractivity contribution < 1.29 is 4.79 Å². The summed E-state index contributed by atoms with van der Waals surface area (Å²) in [7, 11) is 0. The molecule has 0 atom stereocenters. The maximum absolute atomic E-state index is 12.2. The Kier molecular flexibility index (Phi) is 5.16. The molecule has 3 aromatic heterocycles. The minimum Gasteiger partial charge on any atom is -0.353 e. The number of thiophene rings is 1. The Morgan fingerprint density at radius 3 is 2.61 bits per heavy atom. The monoisotopic (exact) mass is 397 g/mol. The lowest BCUT2D eigenvalue weighted by Crippen LogP contribution is -2.36. The van der Waals surface area contributed by atoms with Crippen LogP contribution in [0.15, 0.2) is 51.4 Å². The number of nitrogens with zero attached hydrogens (tertiary/aromatic N) is 4. The highest BCUT2D eigenvalue weighted by atomic mass is 32.1. The van der Waals surface area contributed by atoms with Crippen molar-refractivity contribution in [3.8, 4) is 10.6 Å². The third-order valence-corrected chi connectivity index (χ3v) is 5.35. The van der Waals surface area contributed by atoms with E-state index in [1.54, 1.807) is 12.1 Å². The van der Waals surface area contributed by atoms with Gasteiger partial charge in [0.25, 0.3) is 11.1 Å². The Hall–Kier alpha value is -3.07. The van der Waals surface area contributed by atoms with Gasteiger partial charge in [-0.3, -0.25) is 14.4 Å². The Morgan fingerprint density at radius 2 is 1.86 bits per heavy atom. The molecular weight excluding hydrogens is 378 g/mol. The molecule has 8 nitrogen and oxygen atoms in total. The summed E-state index contributed by atoms with van der Waals surface area (Å²) in [4.78, 5) is 37.0. The molecule has 4 rings (SSSR count). The lowest BCUT2D eigenvalue weighted by atomic mass is 10.3. The number of carbonyl (C=O) groups is 1. The number of hydrogen-bond acceptors (Lipinski definition) is 6. The van der Waals surface area contributed by atoms with Crippen LogP contribution in [0.5, 0.6) is 0 Å². The van der Waals surface area contributed by atoms with Gasteiger partial charge in [-0.15, -0.1) is 11.3 Å². The minimum atomic E-state index is -0.343. The van der Waals surface area contributed by atoms with Gasteiger partial charge in [-0.25, -0.2) is 9.36 Å². The Morgan fingerprint density at radius 1 is 1.07 bits per heavy atom. The molecule has 1 N–H and O–H groups in total. The zero-order chi connectivity index (χ0) is 19.5. The van der Waals surface area contributed by atoms with E-state index in [0.717, 1.165) is 28.1 Å². The van der Waals surface area contributed by atoms with Crippen LogP contribution in [0.2, 0.25) is 0 Å². The zero-order valence-corrected chi connectivity index (χ0v) is 15.9. The summed E-state index contributed by atoms with van der Waals surface area (Å²) in [5.74, 6) is 0.110. The standard InChI is InChI=1S/C19H19N5O3S/c25-17(12-24-19(27)8-6-15(22-24)16-2-1-11-28-16)20-9-10-23-18(26)7-5-14(21-23)13-3-4-13/h1-2,5-8,11,13H,3-4,9-10,12H2,(H,20,25). The molecule has 0 aliphatic heterocycles. The number of hydrogen-bond donors (Lipinski definition) is 1. The van der Waals surface area contributed by atoms with Crippen molar-refractivity contribution in [2.45, 2.75) is 31.8 Å². The van der Waals surface area contributed by atoms with Gasteiger partial charge in [0.2, 0.25) is 5.91 Å². The SMILES string of the molecule is O=C(Cn1nc(-c2cccs2)ccc1=O)NCCn1nc(C2CC2)ccc1=O. The molecule has 3 aromatic rings. The molecule has 9 heteroatoms. The molecule has 144 valence electrons. The van der Waals surface area contributed by atoms with Crippen molar-refractivity contribution in [1.29, 1.82) is 0 Å². The summed E-state index contributed by atoms with van der Waals surface area (Å²) in [5.41, 5.74) is 1.03. The second-order valence-corrected chi connectivity index (χ2v) is 7.58. The maximum atomic E-state index is 12.2. The first-order valence-corrected chi connectivity index (χ1v) is 9.95. The maximum Gasteiger partial charge on any atom is 0.267 e. The molecule has 0 saturated heterocycles. The van der Waals surface area contributed by atoms with E-state index in [0.29, 0.717) is 11.6 Å². The van der Waals surface area contributed by atoms with Crippen molar-refractivity contribution in [2.24, 2.45) is 0 Å². The average molecular weight is 397 g/mol. The van der Waals surface area contributed by atoms with Crippen LogP contribution in [-0.4, -0.2) is 32.0 Å². The quantitative estimate of drug-likeness (QED) is 0.646. The van der Waals surface area contributed by atoms with E-state index in [1.165, 1.54) is 28.2 Å². The second kappa shape index (κ2) is 7.89. The van der Waals surface area contributed by atoms with E-state index >= 15 is 0 Å². The number of carbonyl (C=O) groups excluding carboxylic acids is 1. The molecule has 0 spiro atoms. The van der Waals surface area contributed by atoms with E-state index in [2.05, 4.69) is 15.5 Å². The average Bonchev–Trinajstić information content (AvgIpc) is 3.39. The third kappa shape index (κ3) is 4.25. The van der Waals surface area contributed by atoms with Gasteiger partial charge >= 0.3 is 0 Å². The molecule has 0 bridgehead atoms. The van der Waals surface area contributed by atoms with Crippen LogP contribution in [0.4, 0.5) is 0 Å². The van der Waals surface area contributed by atoms with Gasteiger partial charge in [-0.1, -0.05) is 6.07 Å². The van der Waals surface area contributed by atoms with Crippen LogP contribution in [0.3, 0.4) is 0 Å². The number of rotatable bonds is 7. The van der Waals surface area contributed by atoms with Gasteiger partial charge in [0.05, 0.1) is 17.1 Å². The largest absolute Gasteiger partial charge is 0.353 e. The van der Waals surface area contributed by atoms with Crippen molar-refractivity contribution >= 4 is 17.2 Å². The highest BCUT2D eigenvalue weighted by Crippen LogP contribution is 2.38.